The maximum Gasteiger partial charge on any atom is 0.244 e. The summed E-state index contributed by atoms with van der Waals surface area (Å²) in [5.41, 5.74) is 1.80. The molecule has 0 spiro atoms. The summed E-state index contributed by atoms with van der Waals surface area (Å²) in [6, 6.07) is 13.2. The zero-order chi connectivity index (χ0) is 21.8. The molecule has 2 heterocycles. The average molecular weight is 486 g/mol. The van der Waals surface area contributed by atoms with Crippen molar-refractivity contribution in [2.75, 3.05) is 13.2 Å². The van der Waals surface area contributed by atoms with Gasteiger partial charge in [-0.15, -0.1) is 10.2 Å². The Balaban J connectivity index is 1.45. The quantitative estimate of drug-likeness (QED) is 0.571. The Kier molecular flexibility index (Phi) is 6.50. The Hall–Kier alpha value is -2.94. The van der Waals surface area contributed by atoms with Gasteiger partial charge in [0.15, 0.2) is 11.5 Å². The van der Waals surface area contributed by atoms with Gasteiger partial charge in [0.1, 0.15) is 6.54 Å². The van der Waals surface area contributed by atoms with Crippen LogP contribution in [-0.2, 0) is 11.3 Å². The number of carbonyl (C=O) groups excluding carboxylic acids is 1. The molecule has 1 atom stereocenters. The van der Waals surface area contributed by atoms with E-state index in [4.69, 9.17) is 9.47 Å². The maximum absolute atomic E-state index is 12.7. The van der Waals surface area contributed by atoms with Crippen LogP contribution in [-0.4, -0.2) is 39.3 Å². The minimum atomic E-state index is -0.189. The molecule has 1 amide bonds. The third kappa shape index (κ3) is 5.22. The number of ether oxygens (including phenoxy) is 2. The van der Waals surface area contributed by atoms with E-state index in [1.54, 1.807) is 0 Å². The first-order chi connectivity index (χ1) is 15.0. The molecule has 0 aliphatic carbocycles. The highest BCUT2D eigenvalue weighted by Crippen LogP contribution is 2.34. The summed E-state index contributed by atoms with van der Waals surface area (Å²) >= 11 is 3.40. The van der Waals surface area contributed by atoms with Gasteiger partial charge < -0.3 is 14.8 Å². The number of hydrogen-bond donors (Lipinski definition) is 1. The fourth-order valence-electron chi connectivity index (χ4n) is 3.38. The molecule has 2 aromatic carbocycles. The number of benzene rings is 2. The Morgan fingerprint density at radius 2 is 1.87 bits per heavy atom. The van der Waals surface area contributed by atoms with Crippen molar-refractivity contribution in [3.05, 3.63) is 52.5 Å². The van der Waals surface area contributed by atoms with Crippen molar-refractivity contribution in [1.29, 1.82) is 0 Å². The number of halogens is 1. The van der Waals surface area contributed by atoms with E-state index in [9.17, 15) is 4.79 Å². The van der Waals surface area contributed by atoms with Gasteiger partial charge in [0, 0.05) is 16.5 Å². The number of aromatic nitrogens is 4. The second-order valence-electron chi connectivity index (χ2n) is 7.70. The molecule has 0 saturated carbocycles. The number of amides is 1. The molecule has 0 saturated heterocycles. The number of fused-ring (bicyclic) bond motifs is 1. The van der Waals surface area contributed by atoms with Crippen molar-refractivity contribution in [2.24, 2.45) is 5.92 Å². The van der Waals surface area contributed by atoms with Crippen LogP contribution < -0.4 is 14.8 Å². The highest BCUT2D eigenvalue weighted by molar-refractivity contribution is 9.10. The fourth-order valence-corrected chi connectivity index (χ4v) is 3.64. The minimum Gasteiger partial charge on any atom is -0.490 e. The second-order valence-corrected chi connectivity index (χ2v) is 8.61. The molecule has 1 aliphatic rings. The van der Waals surface area contributed by atoms with E-state index in [0.717, 1.165) is 27.8 Å². The molecule has 4 rings (SSSR count). The van der Waals surface area contributed by atoms with E-state index in [1.165, 1.54) is 4.80 Å². The highest BCUT2D eigenvalue weighted by atomic mass is 79.9. The molecule has 8 nitrogen and oxygen atoms in total. The van der Waals surface area contributed by atoms with E-state index in [0.29, 0.717) is 24.8 Å². The van der Waals surface area contributed by atoms with E-state index >= 15 is 0 Å². The van der Waals surface area contributed by atoms with Gasteiger partial charge in [-0.2, -0.15) is 4.80 Å². The molecule has 1 N–H and O–H groups in total. The van der Waals surface area contributed by atoms with Gasteiger partial charge in [-0.3, -0.25) is 4.79 Å². The third-order valence-electron chi connectivity index (χ3n) is 4.95. The first-order valence-corrected chi connectivity index (χ1v) is 11.0. The Morgan fingerprint density at radius 3 is 2.61 bits per heavy atom. The van der Waals surface area contributed by atoms with Crippen LogP contribution in [0, 0.1) is 5.92 Å². The SMILES string of the molecule is CC(C)C(NC(=O)Cn1nnc(-c2ccc(Br)cc2)n1)c1ccc2c(c1)OCCCO2. The van der Waals surface area contributed by atoms with E-state index < -0.39 is 0 Å². The van der Waals surface area contributed by atoms with Crippen LogP contribution in [0.4, 0.5) is 0 Å². The van der Waals surface area contributed by atoms with Crippen molar-refractivity contribution < 1.29 is 14.3 Å². The number of hydrogen-bond acceptors (Lipinski definition) is 6. The molecule has 9 heteroatoms. The fraction of sp³-hybridized carbons (Fsp3) is 0.364. The van der Waals surface area contributed by atoms with Crippen LogP contribution in [0.3, 0.4) is 0 Å². The molecule has 1 aromatic heterocycles. The highest BCUT2D eigenvalue weighted by Gasteiger charge is 2.22. The van der Waals surface area contributed by atoms with Gasteiger partial charge in [0.2, 0.25) is 11.7 Å². The van der Waals surface area contributed by atoms with Gasteiger partial charge in [0.05, 0.1) is 19.3 Å². The average Bonchev–Trinajstić information content (AvgIpc) is 3.08. The van der Waals surface area contributed by atoms with Crippen molar-refractivity contribution in [1.82, 2.24) is 25.5 Å². The zero-order valence-corrected chi connectivity index (χ0v) is 19.0. The normalized spacial score (nSPS) is 14.2. The summed E-state index contributed by atoms with van der Waals surface area (Å²) in [5, 5.41) is 15.5. The molecule has 1 unspecified atom stereocenters. The third-order valence-corrected chi connectivity index (χ3v) is 5.48. The number of tetrazole rings is 1. The summed E-state index contributed by atoms with van der Waals surface area (Å²) in [4.78, 5) is 14.0. The van der Waals surface area contributed by atoms with Gasteiger partial charge in [-0.25, -0.2) is 0 Å². The van der Waals surface area contributed by atoms with E-state index in [1.807, 2.05) is 42.5 Å². The standard InChI is InChI=1S/C22H24BrN5O3/c1-14(2)21(16-6-9-18-19(12-16)31-11-3-10-30-18)24-20(29)13-28-26-22(25-27-28)15-4-7-17(23)8-5-15/h4-9,12,14,21H,3,10-11,13H2,1-2H3,(H,24,29). The van der Waals surface area contributed by atoms with E-state index in [2.05, 4.69) is 50.5 Å². The van der Waals surface area contributed by atoms with Gasteiger partial charge in [0.25, 0.3) is 0 Å². The lowest BCUT2D eigenvalue weighted by molar-refractivity contribution is -0.123. The van der Waals surface area contributed by atoms with Gasteiger partial charge >= 0.3 is 0 Å². The summed E-state index contributed by atoms with van der Waals surface area (Å²) in [6.45, 7) is 5.37. The van der Waals surface area contributed by atoms with Gasteiger partial charge in [-0.1, -0.05) is 35.8 Å². The monoisotopic (exact) mass is 485 g/mol. The van der Waals surface area contributed by atoms with Crippen LogP contribution in [0.5, 0.6) is 11.5 Å². The number of nitrogens with zero attached hydrogens (tertiary/aromatic N) is 4. The molecule has 162 valence electrons. The summed E-state index contributed by atoms with van der Waals surface area (Å²) in [6.07, 6.45) is 0.849. The predicted octanol–water partition coefficient (Wildman–Crippen LogP) is 3.78. The van der Waals surface area contributed by atoms with Crippen LogP contribution in [0.2, 0.25) is 0 Å². The number of nitrogens with one attached hydrogen (secondary N) is 1. The molecule has 31 heavy (non-hydrogen) atoms. The first-order valence-electron chi connectivity index (χ1n) is 10.2. The molecular weight excluding hydrogens is 462 g/mol. The molecule has 0 radical (unpaired) electrons. The number of rotatable bonds is 6. The topological polar surface area (TPSA) is 91.2 Å². The van der Waals surface area contributed by atoms with Gasteiger partial charge in [-0.05, 0) is 53.1 Å². The first kappa shape index (κ1) is 21.3. The molecule has 0 bridgehead atoms. The van der Waals surface area contributed by atoms with E-state index in [-0.39, 0.29) is 24.4 Å². The molecule has 0 fully saturated rings. The second kappa shape index (κ2) is 9.47. The largest absolute Gasteiger partial charge is 0.490 e. The van der Waals surface area contributed by atoms with Crippen LogP contribution in [0.1, 0.15) is 31.9 Å². The lowest BCUT2D eigenvalue weighted by atomic mass is 9.95. The molecular formula is C22H24BrN5O3. The minimum absolute atomic E-state index is 0.0166. The van der Waals surface area contributed by atoms with Crippen LogP contribution in [0.25, 0.3) is 11.4 Å². The smallest absolute Gasteiger partial charge is 0.244 e. The summed E-state index contributed by atoms with van der Waals surface area (Å²) in [5.74, 6) is 1.92. The maximum atomic E-state index is 12.7. The Morgan fingerprint density at radius 1 is 1.13 bits per heavy atom. The lowest BCUT2D eigenvalue weighted by Crippen LogP contribution is -2.34. The van der Waals surface area contributed by atoms with Crippen molar-refractivity contribution in [2.45, 2.75) is 32.9 Å². The predicted molar refractivity (Wildman–Crippen MR) is 119 cm³/mol. The summed E-state index contributed by atoms with van der Waals surface area (Å²) < 4.78 is 12.5. The Bertz CT molecular complexity index is 1050. The van der Waals surface area contributed by atoms with Crippen molar-refractivity contribution >= 4 is 21.8 Å². The molecule has 3 aromatic rings. The van der Waals surface area contributed by atoms with Crippen LogP contribution in [0.15, 0.2) is 46.9 Å². The number of carbonyl (C=O) groups is 1. The molecule has 1 aliphatic heterocycles. The Labute approximate surface area is 189 Å². The van der Waals surface area contributed by atoms with Crippen molar-refractivity contribution in [3.8, 4) is 22.9 Å². The lowest BCUT2D eigenvalue weighted by Gasteiger charge is -2.23. The zero-order valence-electron chi connectivity index (χ0n) is 17.4. The van der Waals surface area contributed by atoms with Crippen molar-refractivity contribution in [3.63, 3.8) is 0 Å². The van der Waals surface area contributed by atoms with Crippen LogP contribution >= 0.6 is 15.9 Å². The summed E-state index contributed by atoms with van der Waals surface area (Å²) in [7, 11) is 0.